The average Bonchev–Trinajstić information content (AvgIpc) is 2.33. The summed E-state index contributed by atoms with van der Waals surface area (Å²) in [6.45, 7) is 27.0. The zero-order valence-electron chi connectivity index (χ0n) is 19.3. The summed E-state index contributed by atoms with van der Waals surface area (Å²) in [7, 11) is -3.89. The molecule has 0 aromatic carbocycles. The third kappa shape index (κ3) is 5.02. The fraction of sp³-hybridized carbons (Fsp3) is 0.857. The van der Waals surface area contributed by atoms with Gasteiger partial charge in [0.25, 0.3) is 0 Å². The molecule has 0 bridgehead atoms. The van der Waals surface area contributed by atoms with Gasteiger partial charge in [-0.15, -0.1) is 0 Å². The first kappa shape index (κ1) is 23.5. The number of nitriles is 1. The van der Waals surface area contributed by atoms with Gasteiger partial charge in [0.15, 0.2) is 8.32 Å². The minimum atomic E-state index is -1.99. The molecule has 150 valence electrons. The lowest BCUT2D eigenvalue weighted by molar-refractivity contribution is 0.0339. The zero-order valence-corrected chi connectivity index (χ0v) is 21.3. The lowest BCUT2D eigenvalue weighted by Crippen LogP contribution is -2.51. The fourth-order valence-corrected chi connectivity index (χ4v) is 5.90. The fourth-order valence-electron chi connectivity index (χ4n) is 3.10. The van der Waals surface area contributed by atoms with Crippen LogP contribution in [0.3, 0.4) is 0 Å². The van der Waals surface area contributed by atoms with Crippen LogP contribution in [-0.4, -0.2) is 22.2 Å². The number of hydrogen-bond acceptors (Lipinski definition) is 3. The van der Waals surface area contributed by atoms with Crippen molar-refractivity contribution in [1.82, 2.24) is 0 Å². The minimum Gasteiger partial charge on any atom is -0.546 e. The molecule has 0 radical (unpaired) electrons. The summed E-state index contributed by atoms with van der Waals surface area (Å²) >= 11 is 0. The normalized spacial score (nSPS) is 25.9. The number of allylic oxidation sites excluding steroid dienone is 1. The molecule has 0 saturated carbocycles. The van der Waals surface area contributed by atoms with Crippen LogP contribution in [0.25, 0.3) is 0 Å². The van der Waals surface area contributed by atoms with Crippen molar-refractivity contribution in [3.63, 3.8) is 0 Å². The van der Waals surface area contributed by atoms with E-state index in [-0.39, 0.29) is 21.6 Å². The molecule has 0 N–H and O–H groups in total. The van der Waals surface area contributed by atoms with Crippen molar-refractivity contribution in [2.45, 2.75) is 110 Å². The SMILES string of the molecule is C[C@@H]1C[C@@](C)(O[Si](C)(C)C(C)(C)C)CC(O[Si](C)(C)C(C)(C)C)=C1C#N. The van der Waals surface area contributed by atoms with Gasteiger partial charge < -0.3 is 8.85 Å². The highest BCUT2D eigenvalue weighted by atomic mass is 28.4. The second-order valence-electron chi connectivity index (χ2n) is 11.4. The maximum Gasteiger partial charge on any atom is 0.250 e. The topological polar surface area (TPSA) is 42.2 Å². The Morgan fingerprint density at radius 2 is 1.46 bits per heavy atom. The zero-order chi connectivity index (χ0) is 20.8. The van der Waals surface area contributed by atoms with Gasteiger partial charge in [0.05, 0.1) is 23.0 Å². The van der Waals surface area contributed by atoms with Gasteiger partial charge in [-0.2, -0.15) is 5.26 Å². The molecule has 0 heterocycles. The molecule has 0 aromatic heterocycles. The lowest BCUT2D eigenvalue weighted by atomic mass is 9.79. The van der Waals surface area contributed by atoms with Crippen LogP contribution in [0, 0.1) is 17.2 Å². The predicted octanol–water partition coefficient (Wildman–Crippen LogP) is 7.00. The van der Waals surface area contributed by atoms with Crippen LogP contribution in [-0.2, 0) is 8.85 Å². The second kappa shape index (κ2) is 7.11. The summed E-state index contributed by atoms with van der Waals surface area (Å²) in [5.41, 5.74) is 0.562. The minimum absolute atomic E-state index is 0.109. The highest BCUT2D eigenvalue weighted by Gasteiger charge is 2.48. The van der Waals surface area contributed by atoms with E-state index in [0.717, 1.165) is 17.8 Å². The Morgan fingerprint density at radius 3 is 1.85 bits per heavy atom. The van der Waals surface area contributed by atoms with Gasteiger partial charge in [0.1, 0.15) is 0 Å². The van der Waals surface area contributed by atoms with Gasteiger partial charge in [-0.1, -0.05) is 48.5 Å². The first-order valence-corrected chi connectivity index (χ1v) is 15.7. The molecule has 0 aliphatic heterocycles. The average molecular weight is 396 g/mol. The van der Waals surface area contributed by atoms with E-state index in [9.17, 15) is 5.26 Å². The van der Waals surface area contributed by atoms with Crippen molar-refractivity contribution in [3.8, 4) is 6.07 Å². The van der Waals surface area contributed by atoms with Crippen molar-refractivity contribution in [2.24, 2.45) is 5.92 Å². The lowest BCUT2D eigenvalue weighted by Gasteiger charge is -2.48. The van der Waals surface area contributed by atoms with E-state index < -0.39 is 16.6 Å². The Hall–Kier alpha value is -0.576. The van der Waals surface area contributed by atoms with Gasteiger partial charge in [-0.3, -0.25) is 0 Å². The molecule has 26 heavy (non-hydrogen) atoms. The number of hydrogen-bond donors (Lipinski definition) is 0. The van der Waals surface area contributed by atoms with Gasteiger partial charge >= 0.3 is 0 Å². The molecule has 0 saturated heterocycles. The van der Waals surface area contributed by atoms with Crippen LogP contribution in [0.4, 0.5) is 0 Å². The summed E-state index contributed by atoms with van der Waals surface area (Å²) < 4.78 is 13.5. The number of nitrogens with zero attached hydrogens (tertiary/aromatic N) is 1. The third-order valence-corrected chi connectivity index (χ3v) is 15.7. The largest absolute Gasteiger partial charge is 0.546 e. The van der Waals surface area contributed by atoms with E-state index in [0.29, 0.717) is 6.42 Å². The van der Waals surface area contributed by atoms with Crippen LogP contribution in [0.15, 0.2) is 11.3 Å². The van der Waals surface area contributed by atoms with Gasteiger partial charge in [0.2, 0.25) is 8.32 Å². The molecule has 3 nitrogen and oxygen atoms in total. The van der Waals surface area contributed by atoms with Gasteiger partial charge in [-0.05, 0) is 55.5 Å². The highest BCUT2D eigenvalue weighted by molar-refractivity contribution is 6.74. The Labute approximate surface area is 164 Å². The summed E-state index contributed by atoms with van der Waals surface area (Å²) in [5.74, 6) is 1.06. The Morgan fingerprint density at radius 1 is 1.00 bits per heavy atom. The summed E-state index contributed by atoms with van der Waals surface area (Å²) in [5, 5.41) is 10.0. The summed E-state index contributed by atoms with van der Waals surface area (Å²) in [4.78, 5) is 0. The Bertz CT molecular complexity index is 603. The molecule has 2 atom stereocenters. The Balaban J connectivity index is 3.24. The standard InChI is InChI=1S/C21H41NO2Si2/c1-16-13-21(8,24-26(11,12)20(5,6)7)14-18(17(16)15-22)23-25(9,10)19(2,3)4/h16H,13-14H2,1-12H3/t16-,21-/m1/s1. The van der Waals surface area contributed by atoms with Crippen LogP contribution in [0.1, 0.15) is 68.2 Å². The molecule has 5 heteroatoms. The third-order valence-electron chi connectivity index (χ3n) is 6.68. The smallest absolute Gasteiger partial charge is 0.250 e. The highest BCUT2D eigenvalue weighted by Crippen LogP contribution is 2.47. The van der Waals surface area contributed by atoms with Crippen molar-refractivity contribution >= 4 is 16.6 Å². The molecular weight excluding hydrogens is 354 g/mol. The molecule has 0 unspecified atom stereocenters. The second-order valence-corrected chi connectivity index (χ2v) is 20.9. The van der Waals surface area contributed by atoms with Crippen molar-refractivity contribution < 1.29 is 8.85 Å². The van der Waals surface area contributed by atoms with E-state index in [4.69, 9.17) is 8.85 Å². The van der Waals surface area contributed by atoms with Crippen LogP contribution >= 0.6 is 0 Å². The molecule has 1 aliphatic carbocycles. The molecular formula is C21H41NO2Si2. The molecule has 0 fully saturated rings. The quantitative estimate of drug-likeness (QED) is 0.481. The Kier molecular flexibility index (Phi) is 6.41. The first-order valence-electron chi connectivity index (χ1n) is 9.88. The molecule has 0 aromatic rings. The van der Waals surface area contributed by atoms with Crippen LogP contribution in [0.2, 0.25) is 36.3 Å². The van der Waals surface area contributed by atoms with Crippen LogP contribution in [0.5, 0.6) is 0 Å². The van der Waals surface area contributed by atoms with E-state index >= 15 is 0 Å². The van der Waals surface area contributed by atoms with E-state index in [1.54, 1.807) is 0 Å². The molecule has 0 spiro atoms. The van der Waals surface area contributed by atoms with E-state index in [1.165, 1.54) is 0 Å². The van der Waals surface area contributed by atoms with Gasteiger partial charge in [0, 0.05) is 6.42 Å². The first-order chi connectivity index (χ1) is 11.4. The van der Waals surface area contributed by atoms with Crippen molar-refractivity contribution in [1.29, 1.82) is 5.26 Å². The molecule has 1 aliphatic rings. The maximum atomic E-state index is 9.76. The van der Waals surface area contributed by atoms with E-state index in [2.05, 4.69) is 87.6 Å². The molecule has 0 amide bonds. The van der Waals surface area contributed by atoms with Gasteiger partial charge in [-0.25, -0.2) is 0 Å². The monoisotopic (exact) mass is 395 g/mol. The van der Waals surface area contributed by atoms with Crippen molar-refractivity contribution in [2.75, 3.05) is 0 Å². The van der Waals surface area contributed by atoms with Crippen molar-refractivity contribution in [3.05, 3.63) is 11.3 Å². The summed E-state index contributed by atoms with van der Waals surface area (Å²) in [6, 6.07) is 2.44. The summed E-state index contributed by atoms with van der Waals surface area (Å²) in [6.07, 6.45) is 1.59. The van der Waals surface area contributed by atoms with Crippen LogP contribution < -0.4 is 0 Å². The predicted molar refractivity (Wildman–Crippen MR) is 116 cm³/mol. The van der Waals surface area contributed by atoms with E-state index in [1.807, 2.05) is 0 Å². The number of rotatable bonds is 4. The maximum absolute atomic E-state index is 9.76. The molecule has 1 rings (SSSR count).